The number of aliphatic carboxylic acids is 1. The van der Waals surface area contributed by atoms with E-state index in [0.29, 0.717) is 32.2 Å². The minimum absolute atomic E-state index is 0.0385. The van der Waals surface area contributed by atoms with E-state index in [1.807, 2.05) is 19.0 Å². The van der Waals surface area contributed by atoms with E-state index in [4.69, 9.17) is 24.1 Å². The highest BCUT2D eigenvalue weighted by Gasteiger charge is 2.41. The molecule has 0 bridgehead atoms. The normalized spacial score (nSPS) is 15.6. The van der Waals surface area contributed by atoms with Crippen LogP contribution in [0.5, 0.6) is 0 Å². The molecule has 0 amide bonds. The van der Waals surface area contributed by atoms with Crippen LogP contribution in [0.25, 0.3) is 0 Å². The fourth-order valence-corrected chi connectivity index (χ4v) is 9.03. The zero-order chi connectivity index (χ0) is 54.2. The molecule has 10 nitrogen and oxygen atoms in total. The molecule has 1 fully saturated rings. The summed E-state index contributed by atoms with van der Waals surface area (Å²) in [6, 6.07) is 0. The Morgan fingerprint density at radius 1 is 0.432 bits per heavy atom. The third-order valence-electron chi connectivity index (χ3n) is 13.8. The maximum atomic E-state index is 12.8. The van der Waals surface area contributed by atoms with Gasteiger partial charge in [0.05, 0.1) is 12.5 Å². The molecule has 0 aromatic heterocycles. The highest BCUT2D eigenvalue weighted by atomic mass is 16.7. The Bertz CT molecular complexity index is 1300. The molecular weight excluding hydrogens is 927 g/mol. The molecule has 0 aliphatic carbocycles. The van der Waals surface area contributed by atoms with Gasteiger partial charge in [-0.05, 0) is 110 Å². The monoisotopic (exact) mass is 1040 g/mol. The number of ether oxygens (including phenoxy) is 4. The van der Waals surface area contributed by atoms with Crippen LogP contribution in [0.4, 0.5) is 0 Å². The first kappa shape index (κ1) is 71.0. The number of carbonyl (C=O) groups is 4. The van der Waals surface area contributed by atoms with Crippen LogP contribution in [0.15, 0.2) is 36.5 Å². The standard InChI is InChI=1S/C46H83NO7.C18H34O2/c1-5-7-9-11-13-15-17-19-21-23-25-27-29-31-33-35-44(49)53-42-39-41(40-51-43(48)37-38-47(3)4)52-46(42)54-45(50)36-34-32-30-28-26-24-22-20-18-16-14-12-10-8-6-2;1-2-3-4-5-6-7-8-9-10-11-12-13-14-15-16-17-18(19)20/h19-22,41-42,46H,5-18,23-40H2,1-4H3;9-10H,2-8,11-17H2,1H3,(H,19,20)/b21-19-,22-20-;10-9-/t41-,42?,46-;/m0./s1. The van der Waals surface area contributed by atoms with E-state index in [1.165, 1.54) is 173 Å². The molecule has 1 aliphatic rings. The molecular formula is C64H117NO9. The third-order valence-corrected chi connectivity index (χ3v) is 13.8. The van der Waals surface area contributed by atoms with E-state index >= 15 is 0 Å². The summed E-state index contributed by atoms with van der Waals surface area (Å²) in [5, 5.41) is 8.51. The second-order valence-corrected chi connectivity index (χ2v) is 21.5. The molecule has 0 spiro atoms. The van der Waals surface area contributed by atoms with Crippen molar-refractivity contribution in [3.05, 3.63) is 36.5 Å². The van der Waals surface area contributed by atoms with Gasteiger partial charge in [-0.1, -0.05) is 211 Å². The summed E-state index contributed by atoms with van der Waals surface area (Å²) in [5.41, 5.74) is 0. The lowest BCUT2D eigenvalue weighted by Crippen LogP contribution is -2.31. The number of nitrogens with zero attached hydrogens (tertiary/aromatic N) is 1. The Labute approximate surface area is 455 Å². The lowest BCUT2D eigenvalue weighted by Gasteiger charge is -2.19. The summed E-state index contributed by atoms with van der Waals surface area (Å²) in [5.74, 6) is -1.62. The van der Waals surface area contributed by atoms with Crippen LogP contribution in [0.3, 0.4) is 0 Å². The van der Waals surface area contributed by atoms with Gasteiger partial charge in [-0.2, -0.15) is 0 Å². The van der Waals surface area contributed by atoms with Gasteiger partial charge in [0.25, 0.3) is 0 Å². The Balaban J connectivity index is 0.00000223. The van der Waals surface area contributed by atoms with Crippen molar-refractivity contribution in [3.63, 3.8) is 0 Å². The summed E-state index contributed by atoms with van der Waals surface area (Å²) in [4.78, 5) is 50.0. The Morgan fingerprint density at radius 3 is 1.11 bits per heavy atom. The van der Waals surface area contributed by atoms with Crippen LogP contribution in [0.2, 0.25) is 0 Å². The second-order valence-electron chi connectivity index (χ2n) is 21.5. The van der Waals surface area contributed by atoms with Crippen molar-refractivity contribution in [2.24, 2.45) is 0 Å². The van der Waals surface area contributed by atoms with Gasteiger partial charge in [0.2, 0.25) is 6.29 Å². The number of unbranched alkanes of at least 4 members (excludes halogenated alkanes) is 33. The lowest BCUT2D eigenvalue weighted by atomic mass is 10.1. The third kappa shape index (κ3) is 52.5. The SMILES string of the molecule is CCCCCCCC/C=C\CCCCCCCC(=O)O.CCCCCCCC/C=C\CCCCCCCC(=O)OC1C[C@@H](COC(=O)CCN(C)C)O[C@H]1OC(=O)CCCCCCC/C=C\CCCCCCCC. The molecule has 0 aromatic carbocycles. The molecule has 1 rings (SSSR count). The summed E-state index contributed by atoms with van der Waals surface area (Å²) in [6.07, 6.45) is 60.7. The summed E-state index contributed by atoms with van der Waals surface area (Å²) in [6.45, 7) is 7.41. The van der Waals surface area contributed by atoms with Crippen molar-refractivity contribution in [1.29, 1.82) is 0 Å². The first-order chi connectivity index (χ1) is 36.1. The maximum absolute atomic E-state index is 12.8. The largest absolute Gasteiger partial charge is 0.481 e. The van der Waals surface area contributed by atoms with E-state index in [1.54, 1.807) is 0 Å². The molecule has 432 valence electrons. The van der Waals surface area contributed by atoms with Crippen LogP contribution in [0, 0.1) is 0 Å². The Morgan fingerprint density at radius 2 is 0.757 bits per heavy atom. The average molecular weight is 1040 g/mol. The van der Waals surface area contributed by atoms with Crippen LogP contribution >= 0.6 is 0 Å². The molecule has 74 heavy (non-hydrogen) atoms. The minimum Gasteiger partial charge on any atom is -0.481 e. The summed E-state index contributed by atoms with van der Waals surface area (Å²) in [7, 11) is 3.80. The molecule has 1 aliphatic heterocycles. The van der Waals surface area contributed by atoms with Crippen molar-refractivity contribution in [2.45, 2.75) is 322 Å². The fourth-order valence-electron chi connectivity index (χ4n) is 9.03. The topological polar surface area (TPSA) is 129 Å². The molecule has 1 heterocycles. The van der Waals surface area contributed by atoms with Crippen molar-refractivity contribution >= 4 is 23.9 Å². The predicted octanol–water partition coefficient (Wildman–Crippen LogP) is 18.2. The molecule has 1 saturated heterocycles. The van der Waals surface area contributed by atoms with Gasteiger partial charge < -0.3 is 29.0 Å². The molecule has 0 saturated carbocycles. The van der Waals surface area contributed by atoms with E-state index in [-0.39, 0.29) is 30.9 Å². The van der Waals surface area contributed by atoms with Crippen LogP contribution in [-0.2, 0) is 38.1 Å². The quantitative estimate of drug-likeness (QED) is 0.0272. The van der Waals surface area contributed by atoms with Gasteiger partial charge in [-0.25, -0.2) is 0 Å². The first-order valence-corrected chi connectivity index (χ1v) is 31.1. The number of hydrogen-bond donors (Lipinski definition) is 1. The van der Waals surface area contributed by atoms with Crippen molar-refractivity contribution < 1.29 is 43.2 Å². The highest BCUT2D eigenvalue weighted by Crippen LogP contribution is 2.27. The second kappa shape index (κ2) is 56.2. The van der Waals surface area contributed by atoms with Gasteiger partial charge in [-0.3, -0.25) is 19.2 Å². The van der Waals surface area contributed by atoms with E-state index in [0.717, 1.165) is 77.0 Å². The fraction of sp³-hybridized carbons (Fsp3) is 0.844. The highest BCUT2D eigenvalue weighted by molar-refractivity contribution is 5.71. The number of esters is 3. The lowest BCUT2D eigenvalue weighted by molar-refractivity contribution is -0.199. The van der Waals surface area contributed by atoms with Crippen LogP contribution in [-0.4, -0.2) is 79.6 Å². The van der Waals surface area contributed by atoms with Gasteiger partial charge in [0.1, 0.15) is 6.61 Å². The Hall–Kier alpha value is -2.98. The van der Waals surface area contributed by atoms with E-state index in [9.17, 15) is 19.2 Å². The molecule has 10 heteroatoms. The van der Waals surface area contributed by atoms with Crippen molar-refractivity contribution in [3.8, 4) is 0 Å². The van der Waals surface area contributed by atoms with E-state index in [2.05, 4.69) is 57.2 Å². The zero-order valence-corrected chi connectivity index (χ0v) is 48.9. The smallest absolute Gasteiger partial charge is 0.308 e. The van der Waals surface area contributed by atoms with Crippen LogP contribution in [0.1, 0.15) is 303 Å². The summed E-state index contributed by atoms with van der Waals surface area (Å²) < 4.78 is 22.9. The molecule has 0 radical (unpaired) electrons. The zero-order valence-electron chi connectivity index (χ0n) is 48.9. The van der Waals surface area contributed by atoms with Crippen molar-refractivity contribution in [2.75, 3.05) is 27.2 Å². The molecule has 3 atom stereocenters. The molecule has 1 N–H and O–H groups in total. The summed E-state index contributed by atoms with van der Waals surface area (Å²) >= 11 is 0. The minimum atomic E-state index is -0.982. The predicted molar refractivity (Wildman–Crippen MR) is 309 cm³/mol. The molecule has 1 unspecified atom stereocenters. The van der Waals surface area contributed by atoms with Crippen molar-refractivity contribution in [1.82, 2.24) is 4.90 Å². The maximum Gasteiger partial charge on any atom is 0.308 e. The number of rotatable bonds is 52. The van der Waals surface area contributed by atoms with Gasteiger partial charge >= 0.3 is 23.9 Å². The van der Waals surface area contributed by atoms with Gasteiger partial charge in [-0.15, -0.1) is 0 Å². The number of carbonyl (C=O) groups excluding carboxylic acids is 3. The first-order valence-electron chi connectivity index (χ1n) is 31.1. The van der Waals surface area contributed by atoms with Gasteiger partial charge in [0.15, 0.2) is 6.10 Å². The average Bonchev–Trinajstić information content (AvgIpc) is 3.75. The number of carboxylic acids is 1. The van der Waals surface area contributed by atoms with Crippen LogP contribution < -0.4 is 0 Å². The number of hydrogen-bond acceptors (Lipinski definition) is 9. The number of carboxylic acid groups (broad SMARTS) is 1. The number of allylic oxidation sites excluding steroid dienone is 6. The molecule has 0 aromatic rings. The Kier molecular flexibility index (Phi) is 54.0. The van der Waals surface area contributed by atoms with E-state index < -0.39 is 24.5 Å². The van der Waals surface area contributed by atoms with Gasteiger partial charge in [0, 0.05) is 32.2 Å².